The molecular formula is C20H24N2O3. The molecule has 1 fully saturated rings. The normalized spacial score (nSPS) is 16.6. The number of rotatable bonds is 7. The van der Waals surface area contributed by atoms with Crippen molar-refractivity contribution in [3.8, 4) is 11.5 Å². The second-order valence-electron chi connectivity index (χ2n) is 6.12. The Balaban J connectivity index is 1.59. The minimum absolute atomic E-state index is 0.00977. The number of carbonyl (C=O) groups excluding carboxylic acids is 1. The topological polar surface area (TPSA) is 50.8 Å². The first-order valence-electron chi connectivity index (χ1n) is 8.52. The summed E-state index contributed by atoms with van der Waals surface area (Å²) in [5.41, 5.74) is 2.38. The van der Waals surface area contributed by atoms with Gasteiger partial charge in [0, 0.05) is 13.1 Å². The van der Waals surface area contributed by atoms with Gasteiger partial charge in [-0.05, 0) is 48.2 Å². The Morgan fingerprint density at radius 2 is 1.60 bits per heavy atom. The maximum atomic E-state index is 12.2. The summed E-state index contributed by atoms with van der Waals surface area (Å²) in [5.74, 6) is 1.69. The summed E-state index contributed by atoms with van der Waals surface area (Å²) in [5, 5.41) is 2.95. The van der Waals surface area contributed by atoms with Gasteiger partial charge in [0.1, 0.15) is 11.5 Å². The summed E-state index contributed by atoms with van der Waals surface area (Å²) in [6, 6.07) is 16.1. The number of carbonyl (C=O) groups is 1. The number of hydrogen-bond acceptors (Lipinski definition) is 3. The van der Waals surface area contributed by atoms with Gasteiger partial charge in [-0.3, -0.25) is 0 Å². The molecule has 0 aliphatic carbocycles. The van der Waals surface area contributed by atoms with Gasteiger partial charge >= 0.3 is 6.03 Å². The zero-order chi connectivity index (χ0) is 17.6. The second-order valence-corrected chi connectivity index (χ2v) is 6.12. The molecule has 0 spiro atoms. The summed E-state index contributed by atoms with van der Waals surface area (Å²) in [6.07, 6.45) is 1.86. The Bertz CT molecular complexity index is 698. The molecule has 3 rings (SSSR count). The third kappa shape index (κ3) is 4.05. The summed E-state index contributed by atoms with van der Waals surface area (Å²) in [4.78, 5) is 14.1. The fourth-order valence-electron chi connectivity index (χ4n) is 3.16. The third-order valence-electron chi connectivity index (χ3n) is 4.61. The van der Waals surface area contributed by atoms with E-state index < -0.39 is 0 Å². The summed E-state index contributed by atoms with van der Waals surface area (Å²) in [6.45, 7) is 1.38. The minimum Gasteiger partial charge on any atom is -0.497 e. The van der Waals surface area contributed by atoms with Crippen LogP contribution in [0.5, 0.6) is 11.5 Å². The molecule has 1 aliphatic heterocycles. The van der Waals surface area contributed by atoms with Crippen LogP contribution in [0.15, 0.2) is 48.5 Å². The summed E-state index contributed by atoms with van der Waals surface area (Å²) in [7, 11) is 3.32. The second kappa shape index (κ2) is 7.92. The van der Waals surface area contributed by atoms with Crippen molar-refractivity contribution in [2.75, 3.05) is 27.3 Å². The van der Waals surface area contributed by atoms with Crippen molar-refractivity contribution in [2.45, 2.75) is 18.9 Å². The predicted octanol–water partition coefficient (Wildman–Crippen LogP) is 3.40. The lowest BCUT2D eigenvalue weighted by molar-refractivity contribution is 0.203. The van der Waals surface area contributed by atoms with Gasteiger partial charge in [0.05, 0.1) is 20.3 Å². The maximum absolute atomic E-state index is 12.2. The van der Waals surface area contributed by atoms with Crippen molar-refractivity contribution in [1.29, 1.82) is 0 Å². The molecule has 5 nitrogen and oxygen atoms in total. The van der Waals surface area contributed by atoms with Crippen LogP contribution in [-0.2, 0) is 6.42 Å². The van der Waals surface area contributed by atoms with E-state index in [0.717, 1.165) is 36.4 Å². The van der Waals surface area contributed by atoms with Crippen LogP contribution in [0.25, 0.3) is 0 Å². The molecule has 0 aromatic heterocycles. The van der Waals surface area contributed by atoms with E-state index in [1.165, 1.54) is 5.56 Å². The molecule has 1 heterocycles. The predicted molar refractivity (Wildman–Crippen MR) is 97.2 cm³/mol. The number of benzene rings is 2. The molecule has 25 heavy (non-hydrogen) atoms. The first-order chi connectivity index (χ1) is 12.2. The number of hydrogen-bond donors (Lipinski definition) is 1. The number of ether oxygens (including phenoxy) is 2. The fourth-order valence-corrected chi connectivity index (χ4v) is 3.16. The van der Waals surface area contributed by atoms with Crippen molar-refractivity contribution in [3.05, 3.63) is 59.7 Å². The number of aryl methyl sites for hydroxylation is 1. The molecule has 1 atom stereocenters. The molecule has 1 N–H and O–H groups in total. The minimum atomic E-state index is 0.00977. The Kier molecular flexibility index (Phi) is 5.43. The molecule has 1 saturated heterocycles. The van der Waals surface area contributed by atoms with E-state index in [9.17, 15) is 4.79 Å². The van der Waals surface area contributed by atoms with Crippen molar-refractivity contribution in [2.24, 2.45) is 0 Å². The molecule has 2 amide bonds. The highest BCUT2D eigenvalue weighted by Gasteiger charge is 2.31. The molecule has 2 aromatic rings. The van der Waals surface area contributed by atoms with Crippen LogP contribution >= 0.6 is 0 Å². The average Bonchev–Trinajstić information content (AvgIpc) is 3.03. The van der Waals surface area contributed by atoms with Crippen LogP contribution in [-0.4, -0.2) is 38.2 Å². The van der Waals surface area contributed by atoms with E-state index in [1.54, 1.807) is 14.2 Å². The van der Waals surface area contributed by atoms with Gasteiger partial charge in [-0.25, -0.2) is 4.79 Å². The van der Waals surface area contributed by atoms with Crippen LogP contribution in [0.1, 0.15) is 23.6 Å². The lowest BCUT2D eigenvalue weighted by Gasteiger charge is -2.23. The Morgan fingerprint density at radius 3 is 2.20 bits per heavy atom. The van der Waals surface area contributed by atoms with E-state index >= 15 is 0 Å². The first kappa shape index (κ1) is 17.1. The highest BCUT2D eigenvalue weighted by Crippen LogP contribution is 2.26. The lowest BCUT2D eigenvalue weighted by atomic mass is 10.1. The summed E-state index contributed by atoms with van der Waals surface area (Å²) < 4.78 is 10.4. The van der Waals surface area contributed by atoms with Gasteiger partial charge in [0.2, 0.25) is 0 Å². The largest absolute Gasteiger partial charge is 0.497 e. The van der Waals surface area contributed by atoms with Crippen LogP contribution in [0.4, 0.5) is 4.79 Å². The van der Waals surface area contributed by atoms with Crippen LogP contribution in [0.2, 0.25) is 0 Å². The number of methoxy groups -OCH3 is 2. The van der Waals surface area contributed by atoms with E-state index in [1.807, 2.05) is 41.3 Å². The van der Waals surface area contributed by atoms with Gasteiger partial charge in [-0.1, -0.05) is 24.3 Å². The number of nitrogens with zero attached hydrogens (tertiary/aromatic N) is 1. The Labute approximate surface area is 148 Å². The number of amides is 2. The smallest absolute Gasteiger partial charge is 0.318 e. The monoisotopic (exact) mass is 340 g/mol. The first-order valence-corrected chi connectivity index (χ1v) is 8.52. The molecular weight excluding hydrogens is 316 g/mol. The molecule has 2 aromatic carbocycles. The van der Waals surface area contributed by atoms with Crippen molar-refractivity contribution < 1.29 is 14.3 Å². The van der Waals surface area contributed by atoms with E-state index in [4.69, 9.17) is 9.47 Å². The molecule has 1 unspecified atom stereocenters. The lowest BCUT2D eigenvalue weighted by Crippen LogP contribution is -2.31. The van der Waals surface area contributed by atoms with Crippen LogP contribution < -0.4 is 14.8 Å². The number of nitrogens with one attached hydrogen (secondary N) is 1. The van der Waals surface area contributed by atoms with Crippen LogP contribution in [0, 0.1) is 0 Å². The SMILES string of the molecule is COc1ccc(CCCN2C(=O)NCC2c2ccc(OC)cc2)cc1. The van der Waals surface area contributed by atoms with Gasteiger partial charge in [0.25, 0.3) is 0 Å². The Morgan fingerprint density at radius 1 is 1.00 bits per heavy atom. The van der Waals surface area contributed by atoms with Gasteiger partial charge in [-0.15, -0.1) is 0 Å². The zero-order valence-corrected chi connectivity index (χ0v) is 14.7. The Hall–Kier alpha value is -2.69. The quantitative estimate of drug-likeness (QED) is 0.840. The molecule has 132 valence electrons. The highest BCUT2D eigenvalue weighted by molar-refractivity contribution is 5.77. The van der Waals surface area contributed by atoms with Crippen molar-refractivity contribution in [3.63, 3.8) is 0 Å². The average molecular weight is 340 g/mol. The molecule has 0 bridgehead atoms. The number of urea groups is 1. The molecule has 0 saturated carbocycles. The van der Waals surface area contributed by atoms with Crippen molar-refractivity contribution in [1.82, 2.24) is 10.2 Å². The third-order valence-corrected chi connectivity index (χ3v) is 4.61. The van der Waals surface area contributed by atoms with E-state index in [-0.39, 0.29) is 12.1 Å². The van der Waals surface area contributed by atoms with Crippen molar-refractivity contribution >= 4 is 6.03 Å². The van der Waals surface area contributed by atoms with Gasteiger partial charge in [-0.2, -0.15) is 0 Å². The van der Waals surface area contributed by atoms with Crippen LogP contribution in [0.3, 0.4) is 0 Å². The fraction of sp³-hybridized carbons (Fsp3) is 0.350. The molecule has 0 radical (unpaired) electrons. The maximum Gasteiger partial charge on any atom is 0.318 e. The molecule has 5 heteroatoms. The highest BCUT2D eigenvalue weighted by atomic mass is 16.5. The standard InChI is InChI=1S/C20H24N2O3/c1-24-17-9-5-15(6-10-17)4-3-13-22-19(14-21-20(22)23)16-7-11-18(25-2)12-8-16/h5-12,19H,3-4,13-14H2,1-2H3,(H,21,23). The molecule has 1 aliphatic rings. The van der Waals surface area contributed by atoms with Gasteiger partial charge < -0.3 is 19.7 Å². The summed E-state index contributed by atoms with van der Waals surface area (Å²) >= 11 is 0. The van der Waals surface area contributed by atoms with Gasteiger partial charge in [0.15, 0.2) is 0 Å². The van der Waals surface area contributed by atoms with E-state index in [2.05, 4.69) is 17.4 Å². The zero-order valence-electron chi connectivity index (χ0n) is 14.7. The van der Waals surface area contributed by atoms with E-state index in [0.29, 0.717) is 6.54 Å².